The van der Waals surface area contributed by atoms with Crippen LogP contribution in [0, 0.1) is 0 Å². The molecule has 0 unspecified atom stereocenters. The maximum atomic E-state index is 12.4. The Balaban J connectivity index is 2.15. The summed E-state index contributed by atoms with van der Waals surface area (Å²) in [5, 5.41) is 0. The van der Waals surface area contributed by atoms with Crippen LogP contribution < -0.4 is 5.73 Å². The van der Waals surface area contributed by atoms with Crippen LogP contribution in [0.25, 0.3) is 11.0 Å². The van der Waals surface area contributed by atoms with Crippen molar-refractivity contribution in [2.75, 3.05) is 18.8 Å². The standard InChI is InChI=1S/C12H15F3N4/c1-2-19(7-12(13,14)15)6-11-17-9-4-3-8(16)5-10(9)18-11/h3-5H,2,6-7,16H2,1H3,(H,17,18). The first-order valence-corrected chi connectivity index (χ1v) is 5.90. The lowest BCUT2D eigenvalue weighted by Crippen LogP contribution is -2.33. The number of anilines is 1. The molecule has 0 atom stereocenters. The van der Waals surface area contributed by atoms with Gasteiger partial charge in [-0.3, -0.25) is 4.90 Å². The van der Waals surface area contributed by atoms with Gasteiger partial charge in [-0.05, 0) is 24.7 Å². The van der Waals surface area contributed by atoms with E-state index in [1.165, 1.54) is 4.90 Å². The predicted molar refractivity (Wildman–Crippen MR) is 67.5 cm³/mol. The van der Waals surface area contributed by atoms with Gasteiger partial charge in [0.2, 0.25) is 0 Å². The zero-order chi connectivity index (χ0) is 14.0. The number of halogens is 3. The number of imidazole rings is 1. The molecule has 0 radical (unpaired) electrons. The molecule has 2 rings (SSSR count). The first kappa shape index (κ1) is 13.7. The molecule has 3 N–H and O–H groups in total. The smallest absolute Gasteiger partial charge is 0.399 e. The average Bonchev–Trinajstić information content (AvgIpc) is 2.67. The fraction of sp³-hybridized carbons (Fsp3) is 0.417. The van der Waals surface area contributed by atoms with E-state index in [0.29, 0.717) is 23.6 Å². The number of nitrogens with zero attached hydrogens (tertiary/aromatic N) is 2. The fourth-order valence-corrected chi connectivity index (χ4v) is 1.90. The molecule has 0 aliphatic rings. The largest absolute Gasteiger partial charge is 0.401 e. The number of rotatable bonds is 4. The van der Waals surface area contributed by atoms with Crippen molar-refractivity contribution >= 4 is 16.7 Å². The molecule has 1 aromatic carbocycles. The van der Waals surface area contributed by atoms with E-state index in [-0.39, 0.29) is 6.54 Å². The second kappa shape index (κ2) is 5.08. The van der Waals surface area contributed by atoms with Crippen LogP contribution in [0.15, 0.2) is 18.2 Å². The Bertz CT molecular complexity index is 562. The molecule has 0 saturated heterocycles. The lowest BCUT2D eigenvalue weighted by molar-refractivity contribution is -0.146. The van der Waals surface area contributed by atoms with Gasteiger partial charge in [0.25, 0.3) is 0 Å². The van der Waals surface area contributed by atoms with E-state index in [1.54, 1.807) is 25.1 Å². The number of alkyl halides is 3. The molecule has 4 nitrogen and oxygen atoms in total. The van der Waals surface area contributed by atoms with E-state index in [1.807, 2.05) is 0 Å². The number of nitrogen functional groups attached to an aromatic ring is 1. The topological polar surface area (TPSA) is 57.9 Å². The Morgan fingerprint density at radius 1 is 1.37 bits per heavy atom. The molecule has 0 fully saturated rings. The van der Waals surface area contributed by atoms with E-state index in [9.17, 15) is 13.2 Å². The van der Waals surface area contributed by atoms with Gasteiger partial charge in [0.05, 0.1) is 24.1 Å². The molecule has 2 aromatic rings. The number of aromatic nitrogens is 2. The van der Waals surface area contributed by atoms with Crippen molar-refractivity contribution in [3.8, 4) is 0 Å². The molecule has 1 heterocycles. The molecular formula is C12H15F3N4. The molecule has 0 spiro atoms. The first-order chi connectivity index (χ1) is 8.87. The van der Waals surface area contributed by atoms with Crippen LogP contribution in [0.2, 0.25) is 0 Å². The number of nitrogens with two attached hydrogens (primary N) is 1. The second-order valence-corrected chi connectivity index (χ2v) is 4.38. The van der Waals surface area contributed by atoms with Crippen LogP contribution in [0.3, 0.4) is 0 Å². The van der Waals surface area contributed by atoms with Crippen LogP contribution in [-0.2, 0) is 6.54 Å². The highest BCUT2D eigenvalue weighted by Crippen LogP contribution is 2.19. The number of hydrogen-bond acceptors (Lipinski definition) is 3. The van der Waals surface area contributed by atoms with Crippen LogP contribution >= 0.6 is 0 Å². The summed E-state index contributed by atoms with van der Waals surface area (Å²) in [7, 11) is 0. The van der Waals surface area contributed by atoms with Gasteiger partial charge in [0, 0.05) is 5.69 Å². The van der Waals surface area contributed by atoms with Gasteiger partial charge in [-0.2, -0.15) is 13.2 Å². The van der Waals surface area contributed by atoms with Gasteiger partial charge in [-0.1, -0.05) is 6.92 Å². The van der Waals surface area contributed by atoms with Gasteiger partial charge in [0.1, 0.15) is 5.82 Å². The van der Waals surface area contributed by atoms with Crippen molar-refractivity contribution in [3.63, 3.8) is 0 Å². The molecule has 0 saturated carbocycles. The first-order valence-electron chi connectivity index (χ1n) is 5.90. The summed E-state index contributed by atoms with van der Waals surface area (Å²) in [5.74, 6) is 0.506. The summed E-state index contributed by atoms with van der Waals surface area (Å²) in [6.45, 7) is 1.18. The highest BCUT2D eigenvalue weighted by atomic mass is 19.4. The fourth-order valence-electron chi connectivity index (χ4n) is 1.90. The summed E-state index contributed by atoms with van der Waals surface area (Å²) >= 11 is 0. The van der Waals surface area contributed by atoms with E-state index in [2.05, 4.69) is 9.97 Å². The number of nitrogens with one attached hydrogen (secondary N) is 1. The number of H-pyrrole nitrogens is 1. The molecule has 0 amide bonds. The molecule has 19 heavy (non-hydrogen) atoms. The third kappa shape index (κ3) is 3.60. The molecule has 1 aromatic heterocycles. The van der Waals surface area contributed by atoms with Crippen LogP contribution in [-0.4, -0.2) is 34.1 Å². The highest BCUT2D eigenvalue weighted by Gasteiger charge is 2.30. The monoisotopic (exact) mass is 272 g/mol. The quantitative estimate of drug-likeness (QED) is 0.841. The summed E-state index contributed by atoms with van der Waals surface area (Å²) in [4.78, 5) is 8.52. The van der Waals surface area contributed by atoms with Crippen molar-refractivity contribution in [1.82, 2.24) is 14.9 Å². The lowest BCUT2D eigenvalue weighted by atomic mass is 10.3. The minimum absolute atomic E-state index is 0.130. The number of fused-ring (bicyclic) bond motifs is 1. The van der Waals surface area contributed by atoms with E-state index < -0.39 is 12.7 Å². The summed E-state index contributed by atoms with van der Waals surface area (Å²) in [6.07, 6.45) is -4.20. The Labute approximate surface area is 108 Å². The zero-order valence-electron chi connectivity index (χ0n) is 10.5. The Hall–Kier alpha value is -1.76. The zero-order valence-corrected chi connectivity index (χ0v) is 10.5. The molecule has 104 valence electrons. The molecular weight excluding hydrogens is 257 g/mol. The molecule has 0 aliphatic carbocycles. The van der Waals surface area contributed by atoms with Crippen molar-refractivity contribution in [1.29, 1.82) is 0 Å². The molecule has 0 aliphatic heterocycles. The summed E-state index contributed by atoms with van der Waals surface area (Å²) < 4.78 is 37.1. The van der Waals surface area contributed by atoms with E-state index in [0.717, 1.165) is 5.52 Å². The summed E-state index contributed by atoms with van der Waals surface area (Å²) in [5.41, 5.74) is 7.66. The Kier molecular flexibility index (Phi) is 3.66. The summed E-state index contributed by atoms with van der Waals surface area (Å²) in [6, 6.07) is 5.16. The lowest BCUT2D eigenvalue weighted by Gasteiger charge is -2.20. The van der Waals surface area contributed by atoms with Crippen LogP contribution in [0.5, 0.6) is 0 Å². The predicted octanol–water partition coefficient (Wildman–Crippen LogP) is 2.53. The van der Waals surface area contributed by atoms with E-state index in [4.69, 9.17) is 5.73 Å². The normalized spacial score (nSPS) is 12.5. The number of benzene rings is 1. The Morgan fingerprint density at radius 2 is 2.11 bits per heavy atom. The highest BCUT2D eigenvalue weighted by molar-refractivity contribution is 5.78. The van der Waals surface area contributed by atoms with Crippen molar-refractivity contribution < 1.29 is 13.2 Å². The number of hydrogen-bond donors (Lipinski definition) is 2. The van der Waals surface area contributed by atoms with Gasteiger partial charge in [-0.25, -0.2) is 4.98 Å². The minimum Gasteiger partial charge on any atom is -0.399 e. The van der Waals surface area contributed by atoms with Crippen LogP contribution in [0.4, 0.5) is 18.9 Å². The maximum absolute atomic E-state index is 12.4. The van der Waals surface area contributed by atoms with Gasteiger partial charge >= 0.3 is 6.18 Å². The second-order valence-electron chi connectivity index (χ2n) is 4.38. The Morgan fingerprint density at radius 3 is 2.74 bits per heavy atom. The van der Waals surface area contributed by atoms with Gasteiger partial charge < -0.3 is 10.7 Å². The maximum Gasteiger partial charge on any atom is 0.401 e. The van der Waals surface area contributed by atoms with Gasteiger partial charge in [0.15, 0.2) is 0 Å². The third-order valence-electron chi connectivity index (χ3n) is 2.78. The average molecular weight is 272 g/mol. The van der Waals surface area contributed by atoms with Crippen molar-refractivity contribution in [3.05, 3.63) is 24.0 Å². The third-order valence-corrected chi connectivity index (χ3v) is 2.78. The molecule has 7 heteroatoms. The number of aromatic amines is 1. The van der Waals surface area contributed by atoms with Crippen molar-refractivity contribution in [2.45, 2.75) is 19.6 Å². The van der Waals surface area contributed by atoms with Crippen molar-refractivity contribution in [2.24, 2.45) is 0 Å². The molecule has 0 bridgehead atoms. The minimum atomic E-state index is -4.20. The van der Waals surface area contributed by atoms with E-state index >= 15 is 0 Å². The SMILES string of the molecule is CCN(Cc1nc2ccc(N)cc2[nH]1)CC(F)(F)F. The van der Waals surface area contributed by atoms with Crippen LogP contribution in [0.1, 0.15) is 12.7 Å². The van der Waals surface area contributed by atoms with Gasteiger partial charge in [-0.15, -0.1) is 0 Å².